The maximum atomic E-state index is 4.49. The van der Waals surface area contributed by atoms with Gasteiger partial charge < -0.3 is 10.6 Å². The standard InChI is InChI=1S/C19H38N6.HI/c1-15(2)24(16(3)4)12-8-10-21-19(20-7)22-11-9-13-25-18(6)14-17(5)23-25;/h14-16H,8-13H2,1-7H3,(H2,20,21,22);1H. The highest BCUT2D eigenvalue weighted by Crippen LogP contribution is 2.05. The predicted molar refractivity (Wildman–Crippen MR) is 123 cm³/mol. The highest BCUT2D eigenvalue weighted by Gasteiger charge is 2.12. The van der Waals surface area contributed by atoms with Gasteiger partial charge in [-0.25, -0.2) is 0 Å². The van der Waals surface area contributed by atoms with Crippen molar-refractivity contribution < 1.29 is 0 Å². The first-order chi connectivity index (χ1) is 11.8. The lowest BCUT2D eigenvalue weighted by Gasteiger charge is -2.30. The molecule has 0 spiro atoms. The average molecular weight is 478 g/mol. The Morgan fingerprint density at radius 3 is 2.15 bits per heavy atom. The van der Waals surface area contributed by atoms with Gasteiger partial charge >= 0.3 is 0 Å². The summed E-state index contributed by atoms with van der Waals surface area (Å²) >= 11 is 0. The molecule has 0 fully saturated rings. The molecule has 0 saturated carbocycles. The number of guanidine groups is 1. The fourth-order valence-corrected chi connectivity index (χ4v) is 3.14. The maximum absolute atomic E-state index is 4.49. The molecule has 0 aliphatic carbocycles. The fourth-order valence-electron chi connectivity index (χ4n) is 3.14. The quantitative estimate of drug-likeness (QED) is 0.235. The van der Waals surface area contributed by atoms with E-state index in [1.807, 2.05) is 14.0 Å². The molecule has 0 atom stereocenters. The van der Waals surface area contributed by atoms with Gasteiger partial charge in [-0.1, -0.05) is 0 Å². The Morgan fingerprint density at radius 2 is 1.69 bits per heavy atom. The molecule has 1 aromatic heterocycles. The molecule has 1 heterocycles. The van der Waals surface area contributed by atoms with Gasteiger partial charge in [0.05, 0.1) is 5.69 Å². The van der Waals surface area contributed by atoms with Crippen molar-refractivity contribution in [2.75, 3.05) is 26.7 Å². The summed E-state index contributed by atoms with van der Waals surface area (Å²) in [5.74, 6) is 0.883. The van der Waals surface area contributed by atoms with Gasteiger partial charge in [0.2, 0.25) is 0 Å². The summed E-state index contributed by atoms with van der Waals surface area (Å²) in [7, 11) is 1.82. The smallest absolute Gasteiger partial charge is 0.190 e. The topological polar surface area (TPSA) is 57.5 Å². The third kappa shape index (κ3) is 9.21. The molecule has 7 heteroatoms. The Kier molecular flexibility index (Phi) is 12.9. The number of aliphatic imine (C=N–C) groups is 1. The lowest BCUT2D eigenvalue weighted by Crippen LogP contribution is -2.41. The molecular weight excluding hydrogens is 439 g/mol. The van der Waals surface area contributed by atoms with Crippen LogP contribution in [0.15, 0.2) is 11.1 Å². The SMILES string of the molecule is CN=C(NCCCN(C(C)C)C(C)C)NCCCn1nc(C)cc1C.I. The minimum Gasteiger partial charge on any atom is -0.356 e. The van der Waals surface area contributed by atoms with Gasteiger partial charge in [-0.2, -0.15) is 5.10 Å². The van der Waals surface area contributed by atoms with Crippen molar-refractivity contribution in [1.82, 2.24) is 25.3 Å². The van der Waals surface area contributed by atoms with Gasteiger partial charge in [0.15, 0.2) is 5.96 Å². The molecule has 0 aromatic carbocycles. The highest BCUT2D eigenvalue weighted by molar-refractivity contribution is 14.0. The Morgan fingerprint density at radius 1 is 1.12 bits per heavy atom. The average Bonchev–Trinajstić information content (AvgIpc) is 2.86. The summed E-state index contributed by atoms with van der Waals surface area (Å²) in [6, 6.07) is 3.30. The van der Waals surface area contributed by atoms with Gasteiger partial charge in [0, 0.05) is 51.0 Å². The first-order valence-corrected chi connectivity index (χ1v) is 9.56. The zero-order chi connectivity index (χ0) is 18.8. The summed E-state index contributed by atoms with van der Waals surface area (Å²) in [4.78, 5) is 6.82. The molecule has 0 aliphatic rings. The molecule has 0 aliphatic heterocycles. The Hall–Kier alpha value is -0.830. The number of rotatable bonds is 10. The lowest BCUT2D eigenvalue weighted by molar-refractivity contribution is 0.173. The number of nitrogens with zero attached hydrogens (tertiary/aromatic N) is 4. The molecule has 2 N–H and O–H groups in total. The van der Waals surface area contributed by atoms with Crippen LogP contribution in [0, 0.1) is 13.8 Å². The maximum Gasteiger partial charge on any atom is 0.190 e. The summed E-state index contributed by atoms with van der Waals surface area (Å²) in [6.45, 7) is 17.0. The molecule has 0 bridgehead atoms. The van der Waals surface area contributed by atoms with E-state index in [0.29, 0.717) is 12.1 Å². The van der Waals surface area contributed by atoms with Gasteiger partial charge in [-0.3, -0.25) is 14.6 Å². The van der Waals surface area contributed by atoms with Crippen molar-refractivity contribution in [1.29, 1.82) is 0 Å². The monoisotopic (exact) mass is 478 g/mol. The third-order valence-electron chi connectivity index (χ3n) is 4.38. The molecule has 0 unspecified atom stereocenters. The number of hydrogen-bond donors (Lipinski definition) is 2. The van der Waals surface area contributed by atoms with E-state index >= 15 is 0 Å². The molecule has 1 aromatic rings. The number of halogens is 1. The van der Waals surface area contributed by atoms with Crippen molar-refractivity contribution in [3.63, 3.8) is 0 Å². The van der Waals surface area contributed by atoms with Gasteiger partial charge in [-0.05, 0) is 60.5 Å². The number of hydrogen-bond acceptors (Lipinski definition) is 3. The van der Waals surface area contributed by atoms with Crippen LogP contribution in [-0.2, 0) is 6.54 Å². The van der Waals surface area contributed by atoms with Gasteiger partial charge in [0.1, 0.15) is 0 Å². The minimum atomic E-state index is 0. The zero-order valence-electron chi connectivity index (χ0n) is 17.7. The number of nitrogens with one attached hydrogen (secondary N) is 2. The van der Waals surface area contributed by atoms with E-state index in [9.17, 15) is 0 Å². The van der Waals surface area contributed by atoms with Crippen LogP contribution in [0.2, 0.25) is 0 Å². The second kappa shape index (κ2) is 13.4. The van der Waals surface area contributed by atoms with Crippen LogP contribution in [0.1, 0.15) is 51.9 Å². The molecule has 152 valence electrons. The van der Waals surface area contributed by atoms with E-state index in [4.69, 9.17) is 0 Å². The normalized spacial score (nSPS) is 12.0. The van der Waals surface area contributed by atoms with Crippen molar-refractivity contribution in [2.24, 2.45) is 4.99 Å². The molecule has 0 saturated heterocycles. The van der Waals surface area contributed by atoms with Crippen molar-refractivity contribution >= 4 is 29.9 Å². The molecule has 0 amide bonds. The van der Waals surface area contributed by atoms with E-state index in [0.717, 1.165) is 50.7 Å². The van der Waals surface area contributed by atoms with Crippen LogP contribution >= 0.6 is 24.0 Å². The van der Waals surface area contributed by atoms with Crippen molar-refractivity contribution in [3.05, 3.63) is 17.5 Å². The number of aryl methyl sites for hydroxylation is 3. The van der Waals surface area contributed by atoms with Crippen molar-refractivity contribution in [3.8, 4) is 0 Å². The summed E-state index contributed by atoms with van der Waals surface area (Å²) in [5.41, 5.74) is 2.31. The largest absolute Gasteiger partial charge is 0.356 e. The Bertz CT molecular complexity index is 516. The second-order valence-corrected chi connectivity index (χ2v) is 7.21. The third-order valence-corrected chi connectivity index (χ3v) is 4.38. The molecule has 6 nitrogen and oxygen atoms in total. The molecule has 1 rings (SSSR count). The predicted octanol–water partition coefficient (Wildman–Crippen LogP) is 3.18. The summed E-state index contributed by atoms with van der Waals surface area (Å²) < 4.78 is 2.07. The van der Waals surface area contributed by atoms with E-state index < -0.39 is 0 Å². The van der Waals surface area contributed by atoms with Crippen LogP contribution in [0.25, 0.3) is 0 Å². The highest BCUT2D eigenvalue weighted by atomic mass is 127. The molecule has 26 heavy (non-hydrogen) atoms. The van der Waals surface area contributed by atoms with E-state index in [-0.39, 0.29) is 24.0 Å². The Labute approximate surface area is 177 Å². The first-order valence-electron chi connectivity index (χ1n) is 9.56. The van der Waals surface area contributed by atoms with Gasteiger partial charge in [0.25, 0.3) is 0 Å². The fraction of sp³-hybridized carbons (Fsp3) is 0.789. The van der Waals surface area contributed by atoms with Crippen LogP contribution in [0.3, 0.4) is 0 Å². The lowest BCUT2D eigenvalue weighted by atomic mass is 10.2. The second-order valence-electron chi connectivity index (χ2n) is 7.21. The Balaban J connectivity index is 0.00000625. The van der Waals surface area contributed by atoms with Crippen LogP contribution in [0.5, 0.6) is 0 Å². The summed E-state index contributed by atoms with van der Waals surface area (Å²) in [5, 5.41) is 11.3. The van der Waals surface area contributed by atoms with E-state index in [1.165, 1.54) is 5.69 Å². The first kappa shape index (κ1) is 25.2. The number of aromatic nitrogens is 2. The van der Waals surface area contributed by atoms with E-state index in [2.05, 4.69) is 71.0 Å². The van der Waals surface area contributed by atoms with Crippen molar-refractivity contribution in [2.45, 2.75) is 73.0 Å². The van der Waals surface area contributed by atoms with Crippen LogP contribution in [0.4, 0.5) is 0 Å². The van der Waals surface area contributed by atoms with Gasteiger partial charge in [-0.15, -0.1) is 24.0 Å². The zero-order valence-corrected chi connectivity index (χ0v) is 20.0. The summed E-state index contributed by atoms with van der Waals surface area (Å²) in [6.07, 6.45) is 2.14. The minimum absolute atomic E-state index is 0. The molecule has 0 radical (unpaired) electrons. The van der Waals surface area contributed by atoms with Crippen LogP contribution < -0.4 is 10.6 Å². The molecular formula is C19H39IN6. The van der Waals surface area contributed by atoms with Crippen LogP contribution in [-0.4, -0.2) is 59.4 Å². The van der Waals surface area contributed by atoms with E-state index in [1.54, 1.807) is 0 Å².